The number of nitrogens with one attached hydrogen (secondary N) is 1. The number of nitrogens with zero attached hydrogens (tertiary/aromatic N) is 1. The smallest absolute Gasteiger partial charge is 0.0631 e. The van der Waals surface area contributed by atoms with Gasteiger partial charge < -0.3 is 0 Å². The zero-order valence-electron chi connectivity index (χ0n) is 7.95. The first-order valence-corrected chi connectivity index (χ1v) is 3.95. The molecule has 1 rings (SSSR count). The summed E-state index contributed by atoms with van der Waals surface area (Å²) in [5.74, 6) is 0. The first kappa shape index (κ1) is 8.31. The van der Waals surface area contributed by atoms with Gasteiger partial charge in [-0.15, -0.1) is 0 Å². The molecule has 0 fully saturated rings. The van der Waals surface area contributed by atoms with Crippen LogP contribution >= 0.6 is 0 Å². The summed E-state index contributed by atoms with van der Waals surface area (Å²) < 4.78 is 0. The highest BCUT2D eigenvalue weighted by Crippen LogP contribution is 2.26. The molecule has 0 aromatic carbocycles. The van der Waals surface area contributed by atoms with E-state index in [-0.39, 0.29) is 5.41 Å². The lowest BCUT2D eigenvalue weighted by Crippen LogP contribution is -2.13. The summed E-state index contributed by atoms with van der Waals surface area (Å²) in [4.78, 5) is 0. The number of H-pyrrole nitrogens is 1. The van der Waals surface area contributed by atoms with Gasteiger partial charge in [-0.1, -0.05) is 20.8 Å². The topological polar surface area (TPSA) is 28.7 Å². The van der Waals surface area contributed by atoms with E-state index in [1.54, 1.807) is 0 Å². The van der Waals surface area contributed by atoms with Crippen molar-refractivity contribution in [3.8, 4) is 0 Å². The standard InChI is InChI=1S/C9H16N2/c1-6-8(9(3,4)5)7(2)11-10-6/h1-5H3,(H,10,11). The van der Waals surface area contributed by atoms with Gasteiger partial charge in [0.05, 0.1) is 5.69 Å². The molecule has 0 aliphatic rings. The van der Waals surface area contributed by atoms with Crippen molar-refractivity contribution in [2.45, 2.75) is 40.0 Å². The van der Waals surface area contributed by atoms with Crippen LogP contribution in [0.25, 0.3) is 0 Å². The Balaban J connectivity index is 3.21. The maximum absolute atomic E-state index is 4.16. The van der Waals surface area contributed by atoms with Crippen molar-refractivity contribution in [3.05, 3.63) is 17.0 Å². The number of hydrogen-bond acceptors (Lipinski definition) is 1. The van der Waals surface area contributed by atoms with Gasteiger partial charge in [-0.2, -0.15) is 5.10 Å². The molecule has 2 heteroatoms. The van der Waals surface area contributed by atoms with E-state index < -0.39 is 0 Å². The summed E-state index contributed by atoms with van der Waals surface area (Å²) in [7, 11) is 0. The summed E-state index contributed by atoms with van der Waals surface area (Å²) in [5, 5.41) is 7.15. The summed E-state index contributed by atoms with van der Waals surface area (Å²) in [5.41, 5.74) is 3.86. The number of rotatable bonds is 0. The van der Waals surface area contributed by atoms with E-state index in [4.69, 9.17) is 0 Å². The Morgan fingerprint density at radius 2 is 1.73 bits per heavy atom. The highest BCUT2D eigenvalue weighted by atomic mass is 15.1. The number of aromatic amines is 1. The number of aryl methyl sites for hydroxylation is 2. The van der Waals surface area contributed by atoms with Gasteiger partial charge in [0.1, 0.15) is 0 Å². The fourth-order valence-electron chi connectivity index (χ4n) is 1.66. The van der Waals surface area contributed by atoms with Crippen LogP contribution in [-0.2, 0) is 5.41 Å². The molecule has 1 N–H and O–H groups in total. The third-order valence-corrected chi connectivity index (χ3v) is 1.88. The SMILES string of the molecule is Cc1n[nH]c(C)c1C(C)(C)C. The minimum Gasteiger partial charge on any atom is -0.282 e. The molecule has 62 valence electrons. The Morgan fingerprint density at radius 1 is 1.18 bits per heavy atom. The van der Waals surface area contributed by atoms with E-state index in [1.807, 2.05) is 6.92 Å². The van der Waals surface area contributed by atoms with Gasteiger partial charge in [-0.3, -0.25) is 5.10 Å². The summed E-state index contributed by atoms with van der Waals surface area (Å²) in [6, 6.07) is 0. The maximum Gasteiger partial charge on any atom is 0.0631 e. The van der Waals surface area contributed by atoms with E-state index >= 15 is 0 Å². The van der Waals surface area contributed by atoms with E-state index in [9.17, 15) is 0 Å². The molecule has 0 spiro atoms. The summed E-state index contributed by atoms with van der Waals surface area (Å²) in [6.45, 7) is 10.7. The molecule has 0 radical (unpaired) electrons. The fourth-order valence-corrected chi connectivity index (χ4v) is 1.66. The zero-order valence-corrected chi connectivity index (χ0v) is 7.95. The molecule has 2 nitrogen and oxygen atoms in total. The first-order valence-electron chi connectivity index (χ1n) is 3.95. The van der Waals surface area contributed by atoms with Crippen LogP contribution in [0, 0.1) is 13.8 Å². The van der Waals surface area contributed by atoms with Gasteiger partial charge in [0.15, 0.2) is 0 Å². The average molecular weight is 152 g/mol. The molecule has 1 heterocycles. The van der Waals surface area contributed by atoms with Crippen LogP contribution in [0.3, 0.4) is 0 Å². The zero-order chi connectivity index (χ0) is 8.65. The van der Waals surface area contributed by atoms with Crippen LogP contribution in [0.2, 0.25) is 0 Å². The van der Waals surface area contributed by atoms with Crippen LogP contribution < -0.4 is 0 Å². The quantitative estimate of drug-likeness (QED) is 0.607. The van der Waals surface area contributed by atoms with Crippen molar-refractivity contribution in [2.75, 3.05) is 0 Å². The molecule has 0 saturated carbocycles. The van der Waals surface area contributed by atoms with Gasteiger partial charge in [0.25, 0.3) is 0 Å². The fraction of sp³-hybridized carbons (Fsp3) is 0.667. The molecule has 0 amide bonds. The third kappa shape index (κ3) is 1.44. The Labute approximate surface area is 68.0 Å². The molecule has 0 atom stereocenters. The van der Waals surface area contributed by atoms with Gasteiger partial charge in [0, 0.05) is 11.3 Å². The van der Waals surface area contributed by atoms with Crippen molar-refractivity contribution < 1.29 is 0 Å². The Kier molecular flexibility index (Phi) is 1.78. The van der Waals surface area contributed by atoms with Gasteiger partial charge in [-0.05, 0) is 19.3 Å². The Morgan fingerprint density at radius 3 is 1.91 bits per heavy atom. The second-order valence-corrected chi connectivity index (χ2v) is 4.06. The van der Waals surface area contributed by atoms with Crippen LogP contribution in [0.15, 0.2) is 0 Å². The predicted octanol–water partition coefficient (Wildman–Crippen LogP) is 2.32. The lowest BCUT2D eigenvalue weighted by atomic mass is 9.85. The maximum atomic E-state index is 4.16. The van der Waals surface area contributed by atoms with Crippen LogP contribution in [-0.4, -0.2) is 10.2 Å². The van der Waals surface area contributed by atoms with Gasteiger partial charge in [-0.25, -0.2) is 0 Å². The van der Waals surface area contributed by atoms with Gasteiger partial charge in [0.2, 0.25) is 0 Å². The molecule has 1 aromatic heterocycles. The molecule has 0 saturated heterocycles. The lowest BCUT2D eigenvalue weighted by Gasteiger charge is -2.18. The Hall–Kier alpha value is -0.790. The van der Waals surface area contributed by atoms with Crippen molar-refractivity contribution in [3.63, 3.8) is 0 Å². The largest absolute Gasteiger partial charge is 0.282 e. The highest BCUT2D eigenvalue weighted by molar-refractivity contribution is 5.30. The second kappa shape index (κ2) is 2.36. The van der Waals surface area contributed by atoms with E-state index in [0.717, 1.165) is 5.69 Å². The molecule has 0 aliphatic heterocycles. The van der Waals surface area contributed by atoms with Crippen LogP contribution in [0.5, 0.6) is 0 Å². The summed E-state index contributed by atoms with van der Waals surface area (Å²) >= 11 is 0. The summed E-state index contributed by atoms with van der Waals surface area (Å²) in [6.07, 6.45) is 0. The first-order chi connectivity index (χ1) is 4.93. The monoisotopic (exact) mass is 152 g/mol. The molecule has 0 unspecified atom stereocenters. The third-order valence-electron chi connectivity index (χ3n) is 1.88. The normalized spacial score (nSPS) is 12.1. The lowest BCUT2D eigenvalue weighted by molar-refractivity contribution is 0.582. The predicted molar refractivity (Wildman–Crippen MR) is 46.8 cm³/mol. The molecular weight excluding hydrogens is 136 g/mol. The minimum atomic E-state index is 0.209. The minimum absolute atomic E-state index is 0.209. The number of aromatic nitrogens is 2. The van der Waals surface area contributed by atoms with Crippen LogP contribution in [0.1, 0.15) is 37.7 Å². The molecule has 0 aliphatic carbocycles. The number of hydrogen-bond donors (Lipinski definition) is 1. The molecule has 11 heavy (non-hydrogen) atoms. The Bertz CT molecular complexity index is 234. The molecular formula is C9H16N2. The van der Waals surface area contributed by atoms with E-state index in [1.165, 1.54) is 11.3 Å². The van der Waals surface area contributed by atoms with Crippen molar-refractivity contribution in [1.29, 1.82) is 0 Å². The van der Waals surface area contributed by atoms with E-state index in [2.05, 4.69) is 37.9 Å². The van der Waals surface area contributed by atoms with Crippen molar-refractivity contribution in [1.82, 2.24) is 10.2 Å². The highest BCUT2D eigenvalue weighted by Gasteiger charge is 2.20. The second-order valence-electron chi connectivity index (χ2n) is 4.06. The van der Waals surface area contributed by atoms with Gasteiger partial charge >= 0.3 is 0 Å². The van der Waals surface area contributed by atoms with Crippen LogP contribution in [0.4, 0.5) is 0 Å². The molecule has 0 bridgehead atoms. The van der Waals surface area contributed by atoms with Crippen molar-refractivity contribution in [2.24, 2.45) is 0 Å². The van der Waals surface area contributed by atoms with Crippen molar-refractivity contribution >= 4 is 0 Å². The molecule has 1 aromatic rings. The van der Waals surface area contributed by atoms with E-state index in [0.29, 0.717) is 0 Å². The average Bonchev–Trinajstić information content (AvgIpc) is 2.08.